The molecule has 0 unspecified atom stereocenters. The maximum absolute atomic E-state index is 12.8. The molecule has 1 fully saturated rings. The van der Waals surface area contributed by atoms with Crippen LogP contribution in [0.1, 0.15) is 28.8 Å². The van der Waals surface area contributed by atoms with Gasteiger partial charge in [-0.2, -0.15) is 0 Å². The third-order valence-corrected chi connectivity index (χ3v) is 5.28. The first-order valence-electron chi connectivity index (χ1n) is 9.75. The third kappa shape index (κ3) is 5.75. The number of carbonyl (C=O) groups is 4. The second kappa shape index (κ2) is 10.7. The molecule has 33 heavy (non-hydrogen) atoms. The van der Waals surface area contributed by atoms with Gasteiger partial charge in [-0.25, -0.2) is 9.59 Å². The molecule has 1 aliphatic rings. The van der Waals surface area contributed by atoms with E-state index < -0.39 is 23.1 Å². The molecular formula is C22H21NO9S. The van der Waals surface area contributed by atoms with Gasteiger partial charge in [-0.3, -0.25) is 14.5 Å². The van der Waals surface area contributed by atoms with E-state index in [0.717, 1.165) is 16.7 Å². The molecule has 0 saturated carbocycles. The molecule has 3 rings (SSSR count). The molecule has 1 aromatic heterocycles. The maximum Gasteiger partial charge on any atom is 0.373 e. The van der Waals surface area contributed by atoms with Crippen molar-refractivity contribution >= 4 is 40.9 Å². The molecule has 1 aromatic carbocycles. The zero-order valence-electron chi connectivity index (χ0n) is 18.1. The van der Waals surface area contributed by atoms with Crippen molar-refractivity contribution < 1.29 is 42.5 Å². The van der Waals surface area contributed by atoms with Crippen LogP contribution in [0, 0.1) is 0 Å². The molecule has 0 bridgehead atoms. The van der Waals surface area contributed by atoms with Gasteiger partial charge in [-0.1, -0.05) is 6.07 Å². The van der Waals surface area contributed by atoms with Crippen molar-refractivity contribution in [2.75, 3.05) is 27.4 Å². The van der Waals surface area contributed by atoms with Gasteiger partial charge >= 0.3 is 11.9 Å². The van der Waals surface area contributed by atoms with Crippen molar-refractivity contribution in [3.05, 3.63) is 52.3 Å². The number of esters is 2. The molecule has 0 radical (unpaired) electrons. The quantitative estimate of drug-likeness (QED) is 0.394. The second-order valence-corrected chi connectivity index (χ2v) is 7.52. The molecule has 1 saturated heterocycles. The Hall–Kier alpha value is -3.73. The average molecular weight is 475 g/mol. The van der Waals surface area contributed by atoms with Crippen molar-refractivity contribution in [3.63, 3.8) is 0 Å². The number of nitrogens with zero attached hydrogens (tertiary/aromatic N) is 1. The van der Waals surface area contributed by atoms with Crippen LogP contribution in [0.2, 0.25) is 0 Å². The van der Waals surface area contributed by atoms with Crippen LogP contribution in [-0.2, 0) is 25.6 Å². The maximum atomic E-state index is 12.8. The van der Waals surface area contributed by atoms with Crippen molar-refractivity contribution in [2.45, 2.75) is 13.5 Å². The molecule has 2 amide bonds. The van der Waals surface area contributed by atoms with E-state index in [0.29, 0.717) is 17.1 Å². The molecular weight excluding hydrogens is 454 g/mol. The van der Waals surface area contributed by atoms with Gasteiger partial charge in [0, 0.05) is 0 Å². The summed E-state index contributed by atoms with van der Waals surface area (Å²) in [5.74, 6) is -0.738. The fourth-order valence-corrected chi connectivity index (χ4v) is 3.69. The Morgan fingerprint density at radius 2 is 1.91 bits per heavy atom. The summed E-state index contributed by atoms with van der Waals surface area (Å²) in [6.07, 6.45) is 1.55. The minimum Gasteiger partial charge on any atom is -0.493 e. The van der Waals surface area contributed by atoms with E-state index in [1.165, 1.54) is 26.4 Å². The summed E-state index contributed by atoms with van der Waals surface area (Å²) in [4.78, 5) is 49.4. The van der Waals surface area contributed by atoms with Crippen molar-refractivity contribution in [3.8, 4) is 11.5 Å². The predicted molar refractivity (Wildman–Crippen MR) is 117 cm³/mol. The van der Waals surface area contributed by atoms with Crippen LogP contribution in [0.3, 0.4) is 0 Å². The van der Waals surface area contributed by atoms with Crippen LogP contribution >= 0.6 is 11.8 Å². The lowest BCUT2D eigenvalue weighted by Crippen LogP contribution is -2.27. The van der Waals surface area contributed by atoms with Crippen molar-refractivity contribution in [2.24, 2.45) is 0 Å². The highest BCUT2D eigenvalue weighted by Crippen LogP contribution is 2.35. The molecule has 0 spiro atoms. The highest BCUT2D eigenvalue weighted by atomic mass is 32.2. The molecule has 2 heterocycles. The third-order valence-electron chi connectivity index (χ3n) is 4.37. The number of imide groups is 1. The van der Waals surface area contributed by atoms with Gasteiger partial charge in [0.1, 0.15) is 5.76 Å². The van der Waals surface area contributed by atoms with Crippen LogP contribution in [-0.4, -0.2) is 55.4 Å². The zero-order chi connectivity index (χ0) is 24.0. The largest absolute Gasteiger partial charge is 0.493 e. The monoisotopic (exact) mass is 475 g/mol. The van der Waals surface area contributed by atoms with E-state index in [1.807, 2.05) is 0 Å². The first-order chi connectivity index (χ1) is 15.9. The predicted octanol–water partition coefficient (Wildman–Crippen LogP) is 3.25. The standard InChI is InChI=1S/C22H21NO9S/c1-4-30-19(24)12-31-15-7-5-13(9-17(15)28-2)10-18-20(25)23(22(27)33-18)11-14-6-8-16(32-14)21(26)29-3/h5-10H,4,11-12H2,1-3H3. The number of benzene rings is 1. The fourth-order valence-electron chi connectivity index (χ4n) is 2.85. The number of amides is 2. The number of hydrogen-bond acceptors (Lipinski definition) is 10. The normalized spacial score (nSPS) is 14.5. The van der Waals surface area contributed by atoms with Crippen LogP contribution in [0.25, 0.3) is 6.08 Å². The Bertz CT molecular complexity index is 1110. The van der Waals surface area contributed by atoms with Crippen LogP contribution in [0.4, 0.5) is 4.79 Å². The molecule has 1 aliphatic heterocycles. The van der Waals surface area contributed by atoms with Crippen LogP contribution in [0.15, 0.2) is 39.7 Å². The van der Waals surface area contributed by atoms with Gasteiger partial charge in [0.2, 0.25) is 5.76 Å². The molecule has 2 aromatic rings. The molecule has 10 nitrogen and oxygen atoms in total. The van der Waals surface area contributed by atoms with Gasteiger partial charge in [0.05, 0.1) is 32.3 Å². The summed E-state index contributed by atoms with van der Waals surface area (Å²) in [6, 6.07) is 7.77. The lowest BCUT2D eigenvalue weighted by Gasteiger charge is -2.11. The van der Waals surface area contributed by atoms with Gasteiger partial charge in [0.25, 0.3) is 11.1 Å². The number of hydrogen-bond donors (Lipinski definition) is 0. The lowest BCUT2D eigenvalue weighted by molar-refractivity contribution is -0.145. The van der Waals surface area contributed by atoms with E-state index in [4.69, 9.17) is 18.6 Å². The number of furan rings is 1. The van der Waals surface area contributed by atoms with Crippen molar-refractivity contribution in [1.29, 1.82) is 0 Å². The number of methoxy groups -OCH3 is 2. The second-order valence-electron chi connectivity index (χ2n) is 6.53. The molecule has 11 heteroatoms. The molecule has 174 valence electrons. The Labute approximate surface area is 193 Å². The summed E-state index contributed by atoms with van der Waals surface area (Å²) < 4.78 is 25.4. The van der Waals surface area contributed by atoms with E-state index in [-0.39, 0.29) is 36.2 Å². The van der Waals surface area contributed by atoms with E-state index in [9.17, 15) is 19.2 Å². The van der Waals surface area contributed by atoms with E-state index in [2.05, 4.69) is 4.74 Å². The fraction of sp³-hybridized carbons (Fsp3) is 0.273. The van der Waals surface area contributed by atoms with Gasteiger partial charge < -0.3 is 23.4 Å². The molecule has 0 aliphatic carbocycles. The minimum absolute atomic E-state index is 0.0210. The SMILES string of the molecule is CCOC(=O)COc1ccc(C=C2SC(=O)N(Cc3ccc(C(=O)OC)o3)C2=O)cc1OC. The van der Waals surface area contributed by atoms with Gasteiger partial charge in [-0.05, 0) is 54.6 Å². The zero-order valence-corrected chi connectivity index (χ0v) is 18.9. The Kier molecular flexibility index (Phi) is 7.78. The number of thioether (sulfide) groups is 1. The van der Waals surface area contributed by atoms with Crippen LogP contribution in [0.5, 0.6) is 11.5 Å². The molecule has 0 atom stereocenters. The summed E-state index contributed by atoms with van der Waals surface area (Å²) in [5.41, 5.74) is 0.590. The first kappa shape index (κ1) is 23.9. The van der Waals surface area contributed by atoms with Crippen molar-refractivity contribution in [1.82, 2.24) is 4.90 Å². The summed E-state index contributed by atoms with van der Waals surface area (Å²) in [5, 5.41) is -0.469. The highest BCUT2D eigenvalue weighted by Gasteiger charge is 2.35. The number of ether oxygens (including phenoxy) is 4. The summed E-state index contributed by atoms with van der Waals surface area (Å²) in [6.45, 7) is 1.55. The first-order valence-corrected chi connectivity index (χ1v) is 10.6. The Morgan fingerprint density at radius 3 is 2.61 bits per heavy atom. The highest BCUT2D eigenvalue weighted by molar-refractivity contribution is 8.18. The smallest absolute Gasteiger partial charge is 0.373 e. The Morgan fingerprint density at radius 1 is 1.12 bits per heavy atom. The Balaban J connectivity index is 1.72. The van der Waals surface area contributed by atoms with E-state index in [1.54, 1.807) is 31.2 Å². The summed E-state index contributed by atoms with van der Waals surface area (Å²) in [7, 11) is 2.66. The summed E-state index contributed by atoms with van der Waals surface area (Å²) >= 11 is 0.783. The topological polar surface area (TPSA) is 122 Å². The minimum atomic E-state index is -0.654. The van der Waals surface area contributed by atoms with Crippen LogP contribution < -0.4 is 9.47 Å². The number of carbonyl (C=O) groups excluding carboxylic acids is 4. The lowest BCUT2D eigenvalue weighted by atomic mass is 10.2. The average Bonchev–Trinajstić information content (AvgIpc) is 3.38. The van der Waals surface area contributed by atoms with E-state index >= 15 is 0 Å². The van der Waals surface area contributed by atoms with Gasteiger partial charge in [0.15, 0.2) is 18.1 Å². The molecule has 0 N–H and O–H groups in total. The van der Waals surface area contributed by atoms with Gasteiger partial charge in [-0.15, -0.1) is 0 Å². The number of rotatable bonds is 9.